The molecule has 0 atom stereocenters. The number of piperidine rings is 1. The number of nitrogens with one attached hydrogen (secondary N) is 1. The molecule has 1 saturated heterocycles. The molecule has 1 aliphatic heterocycles. The summed E-state index contributed by atoms with van der Waals surface area (Å²) in [6.45, 7) is 9.48. The second-order valence-corrected chi connectivity index (χ2v) is 7.31. The summed E-state index contributed by atoms with van der Waals surface area (Å²) in [6, 6.07) is 0.499. The summed E-state index contributed by atoms with van der Waals surface area (Å²) in [6.07, 6.45) is 3.94. The van der Waals surface area contributed by atoms with Gasteiger partial charge in [-0.05, 0) is 25.9 Å². The smallest absolute Gasteiger partial charge is 0.260 e. The number of H-pyrrole nitrogens is 1. The molecule has 0 saturated carbocycles. The van der Waals surface area contributed by atoms with Crippen LogP contribution in [0.4, 0.5) is 0 Å². The number of rotatable bonds is 6. The Balaban J connectivity index is 2.04. The first-order chi connectivity index (χ1) is 10.0. The van der Waals surface area contributed by atoms with Gasteiger partial charge >= 0.3 is 0 Å². The van der Waals surface area contributed by atoms with E-state index in [1.807, 2.05) is 6.92 Å². The monoisotopic (exact) mass is 314 g/mol. The molecule has 1 aromatic rings. The maximum Gasteiger partial charge on any atom is 0.260 e. The number of aryl methyl sites for hydroxylation is 1. The van der Waals surface area contributed by atoms with Gasteiger partial charge < -0.3 is 9.88 Å². The SMILES string of the molecule is CCc1ncc(S(=O)(=O)N2CCC(N(CC)CC)CC2)[nH]1. The van der Waals surface area contributed by atoms with Gasteiger partial charge in [0.15, 0.2) is 5.03 Å². The summed E-state index contributed by atoms with van der Waals surface area (Å²) in [5, 5.41) is 0.223. The Morgan fingerprint density at radius 2 is 1.90 bits per heavy atom. The van der Waals surface area contributed by atoms with Crippen LogP contribution in [0, 0.1) is 0 Å². The highest BCUT2D eigenvalue weighted by atomic mass is 32.2. The molecule has 0 unspecified atom stereocenters. The molecule has 6 nitrogen and oxygen atoms in total. The van der Waals surface area contributed by atoms with Crippen LogP contribution >= 0.6 is 0 Å². The topological polar surface area (TPSA) is 69.3 Å². The van der Waals surface area contributed by atoms with E-state index in [2.05, 4.69) is 28.7 Å². The molecular weight excluding hydrogens is 288 g/mol. The van der Waals surface area contributed by atoms with Gasteiger partial charge in [0.05, 0.1) is 6.20 Å². The van der Waals surface area contributed by atoms with Gasteiger partial charge in [-0.25, -0.2) is 13.4 Å². The van der Waals surface area contributed by atoms with Crippen LogP contribution in [0.15, 0.2) is 11.2 Å². The molecule has 2 rings (SSSR count). The Morgan fingerprint density at radius 3 is 2.38 bits per heavy atom. The molecule has 0 aromatic carbocycles. The predicted molar refractivity (Wildman–Crippen MR) is 82.7 cm³/mol. The number of sulfonamides is 1. The third kappa shape index (κ3) is 3.46. The number of aromatic nitrogens is 2. The lowest BCUT2D eigenvalue weighted by Gasteiger charge is -2.36. The number of nitrogens with zero attached hydrogens (tertiary/aromatic N) is 3. The number of imidazole rings is 1. The number of hydrogen-bond donors (Lipinski definition) is 1. The molecule has 0 amide bonds. The van der Waals surface area contributed by atoms with E-state index in [9.17, 15) is 8.42 Å². The summed E-state index contributed by atoms with van der Waals surface area (Å²) in [5.74, 6) is 0.714. The molecule has 21 heavy (non-hydrogen) atoms. The molecule has 1 fully saturated rings. The third-order valence-electron chi connectivity index (χ3n) is 4.31. The Labute approximate surface area is 127 Å². The summed E-state index contributed by atoms with van der Waals surface area (Å²) in [4.78, 5) is 9.41. The van der Waals surface area contributed by atoms with Gasteiger partial charge in [0.25, 0.3) is 10.0 Å². The van der Waals surface area contributed by atoms with Crippen molar-refractivity contribution in [1.82, 2.24) is 19.2 Å². The molecule has 1 N–H and O–H groups in total. The Kier molecular flexibility index (Phi) is 5.40. The summed E-state index contributed by atoms with van der Waals surface area (Å²) in [7, 11) is -3.42. The van der Waals surface area contributed by atoms with Gasteiger partial charge in [0.2, 0.25) is 0 Å². The van der Waals surface area contributed by atoms with Crippen molar-refractivity contribution in [3.05, 3.63) is 12.0 Å². The van der Waals surface area contributed by atoms with E-state index >= 15 is 0 Å². The van der Waals surface area contributed by atoms with E-state index in [1.54, 1.807) is 4.31 Å². The Bertz CT molecular complexity index is 543. The molecule has 0 radical (unpaired) electrons. The lowest BCUT2D eigenvalue weighted by atomic mass is 10.1. The maximum atomic E-state index is 12.6. The van der Waals surface area contributed by atoms with Crippen molar-refractivity contribution >= 4 is 10.0 Å². The van der Waals surface area contributed by atoms with E-state index in [0.29, 0.717) is 31.4 Å². The minimum Gasteiger partial charge on any atom is -0.332 e. The first-order valence-electron chi connectivity index (χ1n) is 7.80. The van der Waals surface area contributed by atoms with Crippen molar-refractivity contribution in [3.63, 3.8) is 0 Å². The predicted octanol–water partition coefficient (Wildman–Crippen LogP) is 1.47. The van der Waals surface area contributed by atoms with Crippen molar-refractivity contribution in [1.29, 1.82) is 0 Å². The first kappa shape index (κ1) is 16.5. The third-order valence-corrected chi connectivity index (χ3v) is 6.12. The standard InChI is InChI=1S/C14H26N4O2S/c1-4-13-15-11-14(16-13)21(19,20)18-9-7-12(8-10-18)17(5-2)6-3/h11-12H,4-10H2,1-3H3,(H,15,16). The fraction of sp³-hybridized carbons (Fsp3) is 0.786. The van der Waals surface area contributed by atoms with Crippen LogP contribution < -0.4 is 0 Å². The summed E-state index contributed by atoms with van der Waals surface area (Å²) in [5.41, 5.74) is 0. The van der Waals surface area contributed by atoms with Crippen LogP contribution in [0.1, 0.15) is 39.4 Å². The van der Waals surface area contributed by atoms with Crippen LogP contribution in [0.2, 0.25) is 0 Å². The largest absolute Gasteiger partial charge is 0.332 e. The number of aromatic amines is 1. The van der Waals surface area contributed by atoms with Gasteiger partial charge in [-0.1, -0.05) is 20.8 Å². The normalized spacial score (nSPS) is 18.5. The van der Waals surface area contributed by atoms with Crippen molar-refractivity contribution in [2.45, 2.75) is 51.1 Å². The van der Waals surface area contributed by atoms with E-state index in [0.717, 1.165) is 25.9 Å². The maximum absolute atomic E-state index is 12.6. The highest BCUT2D eigenvalue weighted by Gasteiger charge is 2.31. The van der Waals surface area contributed by atoms with Gasteiger partial charge in [-0.2, -0.15) is 4.31 Å². The van der Waals surface area contributed by atoms with E-state index in [4.69, 9.17) is 0 Å². The average Bonchev–Trinajstić information content (AvgIpc) is 2.99. The molecule has 2 heterocycles. The van der Waals surface area contributed by atoms with Crippen LogP contribution in [0.25, 0.3) is 0 Å². The van der Waals surface area contributed by atoms with E-state index in [1.165, 1.54) is 6.20 Å². The molecular formula is C14H26N4O2S. The van der Waals surface area contributed by atoms with Gasteiger partial charge in [-0.15, -0.1) is 0 Å². The Hall–Kier alpha value is -0.920. The van der Waals surface area contributed by atoms with Crippen molar-refractivity contribution in [3.8, 4) is 0 Å². The van der Waals surface area contributed by atoms with Crippen LogP contribution in [-0.4, -0.2) is 59.8 Å². The fourth-order valence-corrected chi connectivity index (χ4v) is 4.38. The number of hydrogen-bond acceptors (Lipinski definition) is 4. The van der Waals surface area contributed by atoms with Gasteiger partial charge in [0, 0.05) is 25.6 Å². The van der Waals surface area contributed by atoms with Gasteiger partial charge in [0.1, 0.15) is 5.82 Å². The summed E-state index contributed by atoms with van der Waals surface area (Å²) >= 11 is 0. The molecule has 7 heteroatoms. The quantitative estimate of drug-likeness (QED) is 0.863. The fourth-order valence-electron chi connectivity index (χ4n) is 2.98. The Morgan fingerprint density at radius 1 is 1.29 bits per heavy atom. The minimum atomic E-state index is -3.42. The zero-order chi connectivity index (χ0) is 15.5. The molecule has 0 bridgehead atoms. The molecule has 120 valence electrons. The van der Waals surface area contributed by atoms with E-state index in [-0.39, 0.29) is 5.03 Å². The highest BCUT2D eigenvalue weighted by Crippen LogP contribution is 2.22. The molecule has 1 aromatic heterocycles. The average molecular weight is 314 g/mol. The van der Waals surface area contributed by atoms with Gasteiger partial charge in [-0.3, -0.25) is 0 Å². The van der Waals surface area contributed by atoms with Crippen molar-refractivity contribution in [2.75, 3.05) is 26.2 Å². The first-order valence-corrected chi connectivity index (χ1v) is 9.25. The molecule has 1 aliphatic rings. The minimum absolute atomic E-state index is 0.223. The zero-order valence-electron chi connectivity index (χ0n) is 13.2. The van der Waals surface area contributed by atoms with Crippen LogP contribution in [0.3, 0.4) is 0 Å². The second kappa shape index (κ2) is 6.89. The van der Waals surface area contributed by atoms with Crippen LogP contribution in [-0.2, 0) is 16.4 Å². The van der Waals surface area contributed by atoms with E-state index < -0.39 is 10.0 Å². The van der Waals surface area contributed by atoms with Crippen molar-refractivity contribution in [2.24, 2.45) is 0 Å². The van der Waals surface area contributed by atoms with Crippen molar-refractivity contribution < 1.29 is 8.42 Å². The molecule has 0 spiro atoms. The summed E-state index contributed by atoms with van der Waals surface area (Å²) < 4.78 is 26.7. The highest BCUT2D eigenvalue weighted by molar-refractivity contribution is 7.89. The molecule has 0 aliphatic carbocycles. The lowest BCUT2D eigenvalue weighted by molar-refractivity contribution is 0.152. The zero-order valence-corrected chi connectivity index (χ0v) is 14.0. The second-order valence-electron chi connectivity index (χ2n) is 5.40. The van der Waals surface area contributed by atoms with Crippen LogP contribution in [0.5, 0.6) is 0 Å². The lowest BCUT2D eigenvalue weighted by Crippen LogP contribution is -2.46.